The third-order valence-corrected chi connectivity index (χ3v) is 1.87. The van der Waals surface area contributed by atoms with Gasteiger partial charge in [0.15, 0.2) is 0 Å². The minimum Gasteiger partial charge on any atom is -0.380 e. The Morgan fingerprint density at radius 3 is 2.50 bits per heavy atom. The molecule has 1 unspecified atom stereocenters. The van der Waals surface area contributed by atoms with Crippen LogP contribution in [0.15, 0.2) is 0 Å². The van der Waals surface area contributed by atoms with E-state index in [1.165, 1.54) is 0 Å². The summed E-state index contributed by atoms with van der Waals surface area (Å²) in [6, 6.07) is 2.22. The van der Waals surface area contributed by atoms with E-state index in [1.54, 1.807) is 0 Å². The van der Waals surface area contributed by atoms with Gasteiger partial charge in [-0.3, -0.25) is 0 Å². The van der Waals surface area contributed by atoms with Gasteiger partial charge in [0.2, 0.25) is 0 Å². The molecule has 0 aliphatic rings. The van der Waals surface area contributed by atoms with Crippen LogP contribution in [0.2, 0.25) is 0 Å². The molecule has 0 saturated heterocycles. The zero-order chi connectivity index (χ0) is 11.0. The van der Waals surface area contributed by atoms with Gasteiger partial charge in [-0.15, -0.1) is 0 Å². The van der Waals surface area contributed by atoms with Gasteiger partial charge in [0.05, 0.1) is 18.6 Å². The second-order valence-corrected chi connectivity index (χ2v) is 4.26. The van der Waals surface area contributed by atoms with Crippen LogP contribution in [0.25, 0.3) is 0 Å². The third kappa shape index (κ3) is 8.03. The Hall–Kier alpha value is -0.590. The first kappa shape index (κ1) is 13.4. The summed E-state index contributed by atoms with van der Waals surface area (Å²) in [5.41, 5.74) is 0. The lowest BCUT2D eigenvalue weighted by Crippen LogP contribution is -2.27. The van der Waals surface area contributed by atoms with Crippen LogP contribution in [-0.2, 0) is 4.74 Å². The van der Waals surface area contributed by atoms with Crippen molar-refractivity contribution in [3.63, 3.8) is 0 Å². The van der Waals surface area contributed by atoms with Crippen LogP contribution in [-0.4, -0.2) is 38.3 Å². The van der Waals surface area contributed by atoms with Crippen LogP contribution in [0.1, 0.15) is 20.8 Å². The van der Waals surface area contributed by atoms with Gasteiger partial charge in [-0.2, -0.15) is 5.26 Å². The van der Waals surface area contributed by atoms with E-state index >= 15 is 0 Å². The van der Waals surface area contributed by atoms with Gasteiger partial charge in [0.25, 0.3) is 0 Å². The molecule has 0 rings (SSSR count). The highest BCUT2D eigenvalue weighted by molar-refractivity contribution is 4.80. The van der Waals surface area contributed by atoms with Crippen LogP contribution >= 0.6 is 0 Å². The maximum absolute atomic E-state index is 8.62. The molecule has 0 saturated carbocycles. The summed E-state index contributed by atoms with van der Waals surface area (Å²) < 4.78 is 5.46. The predicted molar refractivity (Wildman–Crippen MR) is 57.9 cm³/mol. The van der Waals surface area contributed by atoms with Crippen molar-refractivity contribution < 1.29 is 4.74 Å². The maximum Gasteiger partial charge on any atom is 0.0666 e. The highest BCUT2D eigenvalue weighted by Crippen LogP contribution is 1.96. The molecular formula is C11H22N2O. The van der Waals surface area contributed by atoms with Crippen molar-refractivity contribution in [2.75, 3.05) is 33.4 Å². The van der Waals surface area contributed by atoms with Gasteiger partial charge in [-0.05, 0) is 19.9 Å². The molecular weight excluding hydrogens is 176 g/mol. The molecule has 0 fully saturated rings. The minimum absolute atomic E-state index is 0.102. The number of rotatable bonds is 7. The SMILES string of the molecule is CC(C)COCCN(C)CC(C)C#N. The molecule has 0 radical (unpaired) electrons. The van der Waals surface area contributed by atoms with Crippen LogP contribution in [0.5, 0.6) is 0 Å². The summed E-state index contributed by atoms with van der Waals surface area (Å²) in [5.74, 6) is 0.698. The molecule has 0 aliphatic carbocycles. The number of nitrogens with zero attached hydrogens (tertiary/aromatic N) is 2. The Labute approximate surface area is 87.7 Å². The van der Waals surface area contributed by atoms with E-state index in [9.17, 15) is 0 Å². The van der Waals surface area contributed by atoms with E-state index in [0.717, 1.165) is 26.3 Å². The smallest absolute Gasteiger partial charge is 0.0666 e. The van der Waals surface area contributed by atoms with Crippen LogP contribution in [0.3, 0.4) is 0 Å². The number of likely N-dealkylation sites (N-methyl/N-ethyl adjacent to an activating group) is 1. The van der Waals surface area contributed by atoms with Gasteiger partial charge in [-0.25, -0.2) is 0 Å². The Morgan fingerprint density at radius 2 is 2.00 bits per heavy atom. The van der Waals surface area contributed by atoms with Gasteiger partial charge in [0, 0.05) is 19.7 Å². The molecule has 0 bridgehead atoms. The lowest BCUT2D eigenvalue weighted by Gasteiger charge is -2.17. The minimum atomic E-state index is 0.102. The summed E-state index contributed by atoms with van der Waals surface area (Å²) in [6.07, 6.45) is 0. The molecule has 3 nitrogen and oxygen atoms in total. The first-order valence-corrected chi connectivity index (χ1v) is 5.22. The number of hydrogen-bond donors (Lipinski definition) is 0. The first-order chi connectivity index (χ1) is 6.56. The Morgan fingerprint density at radius 1 is 1.36 bits per heavy atom. The maximum atomic E-state index is 8.62. The molecule has 82 valence electrons. The molecule has 0 N–H and O–H groups in total. The van der Waals surface area contributed by atoms with Crippen molar-refractivity contribution in [2.24, 2.45) is 11.8 Å². The highest BCUT2D eigenvalue weighted by atomic mass is 16.5. The average Bonchev–Trinajstić information content (AvgIpc) is 2.12. The summed E-state index contributed by atoms with van der Waals surface area (Å²) in [4.78, 5) is 2.13. The first-order valence-electron chi connectivity index (χ1n) is 5.22. The van der Waals surface area contributed by atoms with E-state index in [-0.39, 0.29) is 5.92 Å². The fourth-order valence-corrected chi connectivity index (χ4v) is 1.14. The number of nitriles is 1. The summed E-state index contributed by atoms with van der Waals surface area (Å²) >= 11 is 0. The second-order valence-electron chi connectivity index (χ2n) is 4.26. The number of hydrogen-bond acceptors (Lipinski definition) is 3. The van der Waals surface area contributed by atoms with Crippen molar-refractivity contribution in [2.45, 2.75) is 20.8 Å². The number of ether oxygens (including phenoxy) is 1. The Balaban J connectivity index is 3.36. The molecule has 1 atom stereocenters. The molecule has 0 amide bonds. The summed E-state index contributed by atoms with van der Waals surface area (Å²) in [7, 11) is 2.02. The van der Waals surface area contributed by atoms with Crippen LogP contribution < -0.4 is 0 Å². The largest absolute Gasteiger partial charge is 0.380 e. The second kappa shape index (κ2) is 7.78. The molecule has 0 aromatic carbocycles. The molecule has 0 aliphatic heterocycles. The lowest BCUT2D eigenvalue weighted by molar-refractivity contribution is 0.0901. The molecule has 0 heterocycles. The Kier molecular flexibility index (Phi) is 7.45. The van der Waals surface area contributed by atoms with Crippen molar-refractivity contribution in [3.05, 3.63) is 0 Å². The van der Waals surface area contributed by atoms with Gasteiger partial charge in [-0.1, -0.05) is 13.8 Å². The fourth-order valence-electron chi connectivity index (χ4n) is 1.14. The van der Waals surface area contributed by atoms with Gasteiger partial charge < -0.3 is 9.64 Å². The topological polar surface area (TPSA) is 36.3 Å². The zero-order valence-corrected chi connectivity index (χ0v) is 9.79. The highest BCUT2D eigenvalue weighted by Gasteiger charge is 2.04. The molecule has 0 aromatic rings. The van der Waals surface area contributed by atoms with Crippen molar-refractivity contribution >= 4 is 0 Å². The van der Waals surface area contributed by atoms with Crippen molar-refractivity contribution in [1.29, 1.82) is 5.26 Å². The Bertz CT molecular complexity index is 175. The standard InChI is InChI=1S/C11H22N2O/c1-10(2)9-14-6-5-13(4)8-11(3)7-12/h10-11H,5-6,8-9H2,1-4H3. The monoisotopic (exact) mass is 198 g/mol. The van der Waals surface area contributed by atoms with Crippen LogP contribution in [0, 0.1) is 23.2 Å². The summed E-state index contributed by atoms with van der Waals surface area (Å²) in [5, 5.41) is 8.62. The lowest BCUT2D eigenvalue weighted by atomic mass is 10.2. The van der Waals surface area contributed by atoms with E-state index in [0.29, 0.717) is 5.92 Å². The van der Waals surface area contributed by atoms with Crippen molar-refractivity contribution in [1.82, 2.24) is 4.90 Å². The third-order valence-electron chi connectivity index (χ3n) is 1.87. The quantitative estimate of drug-likeness (QED) is 0.585. The average molecular weight is 198 g/mol. The van der Waals surface area contributed by atoms with E-state index in [1.807, 2.05) is 14.0 Å². The molecule has 0 spiro atoms. The van der Waals surface area contributed by atoms with Gasteiger partial charge in [0.1, 0.15) is 0 Å². The predicted octanol–water partition coefficient (Wildman–Crippen LogP) is 1.75. The molecule has 3 heteroatoms. The normalized spacial score (nSPS) is 13.2. The molecule has 0 aromatic heterocycles. The van der Waals surface area contributed by atoms with E-state index in [2.05, 4.69) is 24.8 Å². The van der Waals surface area contributed by atoms with E-state index < -0.39 is 0 Å². The fraction of sp³-hybridized carbons (Fsp3) is 0.909. The summed E-state index contributed by atoms with van der Waals surface area (Å²) in [6.45, 7) is 9.52. The van der Waals surface area contributed by atoms with Gasteiger partial charge >= 0.3 is 0 Å². The zero-order valence-electron chi connectivity index (χ0n) is 9.79. The van der Waals surface area contributed by atoms with Crippen molar-refractivity contribution in [3.8, 4) is 6.07 Å². The van der Waals surface area contributed by atoms with E-state index in [4.69, 9.17) is 10.00 Å². The molecule has 14 heavy (non-hydrogen) atoms. The van der Waals surface area contributed by atoms with Crippen LogP contribution in [0.4, 0.5) is 0 Å².